The van der Waals surface area contributed by atoms with Crippen LogP contribution in [-0.2, 0) is 11.3 Å². The van der Waals surface area contributed by atoms with E-state index in [2.05, 4.69) is 58.0 Å². The van der Waals surface area contributed by atoms with Crippen molar-refractivity contribution >= 4 is 6.21 Å². The second-order valence-electron chi connectivity index (χ2n) is 6.04. The Morgan fingerprint density at radius 2 is 1.83 bits per heavy atom. The molecule has 23 heavy (non-hydrogen) atoms. The van der Waals surface area contributed by atoms with E-state index in [1.807, 2.05) is 13.1 Å². The van der Waals surface area contributed by atoms with Crippen LogP contribution in [0.4, 0.5) is 0 Å². The topological polar surface area (TPSA) is 42.7 Å². The first kappa shape index (κ1) is 15.7. The van der Waals surface area contributed by atoms with Crippen LogP contribution in [0.15, 0.2) is 29.4 Å². The van der Waals surface area contributed by atoms with Crippen LogP contribution < -0.4 is 0 Å². The molecule has 0 amide bonds. The molecule has 2 aromatic rings. The van der Waals surface area contributed by atoms with Crippen LogP contribution in [0, 0.1) is 20.8 Å². The average molecular weight is 312 g/mol. The van der Waals surface area contributed by atoms with Crippen LogP contribution in [0.1, 0.15) is 28.1 Å². The molecule has 0 atom stereocenters. The number of aryl methyl sites for hydroxylation is 2. The Morgan fingerprint density at radius 3 is 2.52 bits per heavy atom. The molecule has 122 valence electrons. The van der Waals surface area contributed by atoms with Gasteiger partial charge in [0.25, 0.3) is 0 Å². The van der Waals surface area contributed by atoms with E-state index in [-0.39, 0.29) is 0 Å². The van der Waals surface area contributed by atoms with Crippen molar-refractivity contribution < 1.29 is 4.74 Å². The highest BCUT2D eigenvalue weighted by Gasteiger charge is 2.12. The number of rotatable bonds is 4. The van der Waals surface area contributed by atoms with Crippen LogP contribution in [0.2, 0.25) is 0 Å². The van der Waals surface area contributed by atoms with E-state index in [1.165, 1.54) is 11.1 Å². The fourth-order valence-electron chi connectivity index (χ4n) is 2.73. The third-order valence-corrected chi connectivity index (χ3v) is 4.23. The average Bonchev–Trinajstić information content (AvgIpc) is 2.82. The SMILES string of the molecule is Cc1ccc(Cn2nc(C)c(/C=N/N3CCOCC3)c2C)cc1. The van der Waals surface area contributed by atoms with E-state index in [1.54, 1.807) is 0 Å². The summed E-state index contributed by atoms with van der Waals surface area (Å²) in [6.45, 7) is 10.3. The minimum atomic E-state index is 0.752. The summed E-state index contributed by atoms with van der Waals surface area (Å²) in [5.74, 6) is 0. The molecule has 0 saturated carbocycles. The first-order valence-corrected chi connectivity index (χ1v) is 8.10. The maximum absolute atomic E-state index is 5.35. The van der Waals surface area contributed by atoms with E-state index in [0.29, 0.717) is 0 Å². The fraction of sp³-hybridized carbons (Fsp3) is 0.444. The fourth-order valence-corrected chi connectivity index (χ4v) is 2.73. The summed E-state index contributed by atoms with van der Waals surface area (Å²) in [4.78, 5) is 0. The van der Waals surface area contributed by atoms with Gasteiger partial charge in [-0.05, 0) is 26.3 Å². The predicted octanol–water partition coefficient (Wildman–Crippen LogP) is 2.52. The molecule has 2 heterocycles. The molecule has 1 fully saturated rings. The minimum Gasteiger partial charge on any atom is -0.378 e. The molecule has 0 spiro atoms. The number of ether oxygens (including phenoxy) is 1. The van der Waals surface area contributed by atoms with Crippen molar-refractivity contribution in [2.24, 2.45) is 5.10 Å². The van der Waals surface area contributed by atoms with E-state index < -0.39 is 0 Å². The van der Waals surface area contributed by atoms with Crippen molar-refractivity contribution in [2.45, 2.75) is 27.3 Å². The number of aromatic nitrogens is 2. The summed E-state index contributed by atoms with van der Waals surface area (Å²) in [6, 6.07) is 8.60. The number of hydrogen-bond acceptors (Lipinski definition) is 4. The van der Waals surface area contributed by atoms with Gasteiger partial charge in [-0.1, -0.05) is 29.8 Å². The highest BCUT2D eigenvalue weighted by atomic mass is 16.5. The Hall–Kier alpha value is -2.14. The van der Waals surface area contributed by atoms with E-state index in [0.717, 1.165) is 49.8 Å². The minimum absolute atomic E-state index is 0.752. The van der Waals surface area contributed by atoms with Crippen LogP contribution >= 0.6 is 0 Å². The molecule has 1 aliphatic rings. The van der Waals surface area contributed by atoms with E-state index in [4.69, 9.17) is 4.74 Å². The third-order valence-electron chi connectivity index (χ3n) is 4.23. The molecule has 5 heteroatoms. The van der Waals surface area contributed by atoms with Crippen molar-refractivity contribution in [3.63, 3.8) is 0 Å². The molecule has 1 aromatic heterocycles. The Morgan fingerprint density at radius 1 is 1.13 bits per heavy atom. The van der Waals surface area contributed by atoms with E-state index >= 15 is 0 Å². The van der Waals surface area contributed by atoms with Crippen LogP contribution in [0.3, 0.4) is 0 Å². The van der Waals surface area contributed by atoms with Gasteiger partial charge in [0.2, 0.25) is 0 Å². The van der Waals surface area contributed by atoms with Gasteiger partial charge in [0.05, 0.1) is 44.8 Å². The van der Waals surface area contributed by atoms with Gasteiger partial charge in [0, 0.05) is 11.3 Å². The molecule has 5 nitrogen and oxygen atoms in total. The third kappa shape index (κ3) is 3.79. The lowest BCUT2D eigenvalue weighted by atomic mass is 10.1. The number of hydrazone groups is 1. The van der Waals surface area contributed by atoms with Gasteiger partial charge < -0.3 is 4.74 Å². The second-order valence-corrected chi connectivity index (χ2v) is 6.04. The molecular weight excluding hydrogens is 288 g/mol. The second kappa shape index (κ2) is 6.96. The lowest BCUT2D eigenvalue weighted by Gasteiger charge is -2.23. The van der Waals surface area contributed by atoms with Crippen molar-refractivity contribution in [2.75, 3.05) is 26.3 Å². The number of hydrogen-bond donors (Lipinski definition) is 0. The zero-order chi connectivity index (χ0) is 16.2. The Labute approximate surface area is 137 Å². The quantitative estimate of drug-likeness (QED) is 0.815. The molecule has 0 unspecified atom stereocenters. The van der Waals surface area contributed by atoms with Gasteiger partial charge in [-0.25, -0.2) is 0 Å². The van der Waals surface area contributed by atoms with Crippen molar-refractivity contribution in [3.8, 4) is 0 Å². The largest absolute Gasteiger partial charge is 0.378 e. The summed E-state index contributed by atoms with van der Waals surface area (Å²) in [5, 5.41) is 11.3. The predicted molar refractivity (Wildman–Crippen MR) is 92.0 cm³/mol. The monoisotopic (exact) mass is 312 g/mol. The summed E-state index contributed by atoms with van der Waals surface area (Å²) in [5.41, 5.74) is 5.83. The highest BCUT2D eigenvalue weighted by molar-refractivity contribution is 5.82. The lowest BCUT2D eigenvalue weighted by Crippen LogP contribution is -2.32. The molecule has 0 radical (unpaired) electrons. The van der Waals surface area contributed by atoms with E-state index in [9.17, 15) is 0 Å². The van der Waals surface area contributed by atoms with Gasteiger partial charge in [0.15, 0.2) is 0 Å². The Balaban J connectivity index is 1.75. The molecule has 0 aliphatic carbocycles. The van der Waals surface area contributed by atoms with Gasteiger partial charge in [-0.2, -0.15) is 10.2 Å². The van der Waals surface area contributed by atoms with Gasteiger partial charge in [-0.3, -0.25) is 9.69 Å². The molecule has 0 N–H and O–H groups in total. The van der Waals surface area contributed by atoms with Crippen molar-refractivity contribution in [1.82, 2.24) is 14.8 Å². The summed E-state index contributed by atoms with van der Waals surface area (Å²) < 4.78 is 7.40. The Kier molecular flexibility index (Phi) is 4.76. The summed E-state index contributed by atoms with van der Waals surface area (Å²) in [7, 11) is 0. The molecule has 1 aromatic carbocycles. The zero-order valence-corrected chi connectivity index (χ0v) is 14.1. The van der Waals surface area contributed by atoms with Gasteiger partial charge in [-0.15, -0.1) is 0 Å². The zero-order valence-electron chi connectivity index (χ0n) is 14.1. The molecule has 3 rings (SSSR count). The van der Waals surface area contributed by atoms with Crippen molar-refractivity contribution in [3.05, 3.63) is 52.3 Å². The molecule has 1 aliphatic heterocycles. The molecular formula is C18H24N4O. The smallest absolute Gasteiger partial charge is 0.0685 e. The normalized spacial score (nSPS) is 15.5. The van der Waals surface area contributed by atoms with Gasteiger partial charge >= 0.3 is 0 Å². The maximum Gasteiger partial charge on any atom is 0.0685 e. The van der Waals surface area contributed by atoms with Crippen LogP contribution in [-0.4, -0.2) is 47.3 Å². The number of benzene rings is 1. The van der Waals surface area contributed by atoms with Crippen molar-refractivity contribution in [1.29, 1.82) is 0 Å². The van der Waals surface area contributed by atoms with Crippen LogP contribution in [0.5, 0.6) is 0 Å². The first-order valence-electron chi connectivity index (χ1n) is 8.10. The molecule has 0 bridgehead atoms. The lowest BCUT2D eigenvalue weighted by molar-refractivity contribution is 0.0397. The highest BCUT2D eigenvalue weighted by Crippen LogP contribution is 2.14. The standard InChI is InChI=1S/C18H24N4O/c1-14-4-6-17(7-5-14)13-22-16(3)18(15(2)20-22)12-19-21-8-10-23-11-9-21/h4-7,12H,8-11,13H2,1-3H3/b19-12+. The number of nitrogens with zero attached hydrogens (tertiary/aromatic N) is 4. The maximum atomic E-state index is 5.35. The first-order chi connectivity index (χ1) is 11.1. The molecule has 1 saturated heterocycles. The van der Waals surface area contributed by atoms with Gasteiger partial charge in [0.1, 0.15) is 0 Å². The van der Waals surface area contributed by atoms with Crippen LogP contribution in [0.25, 0.3) is 0 Å². The summed E-state index contributed by atoms with van der Waals surface area (Å²) in [6.07, 6.45) is 1.94. The summed E-state index contributed by atoms with van der Waals surface area (Å²) >= 11 is 0. The Bertz CT molecular complexity index is 682. The number of morpholine rings is 1.